The normalized spacial score (nSPS) is 18.4. The number of carbonyl (C=O) groups excluding carboxylic acids is 1. The smallest absolute Gasteiger partial charge is 0.237 e. The molecule has 1 aliphatic rings. The number of hydrogen-bond acceptors (Lipinski definition) is 3. The summed E-state index contributed by atoms with van der Waals surface area (Å²) in [6, 6.07) is 12.2. The van der Waals surface area contributed by atoms with Gasteiger partial charge in [-0.15, -0.1) is 0 Å². The lowest BCUT2D eigenvalue weighted by Gasteiger charge is -2.33. The van der Waals surface area contributed by atoms with Crippen molar-refractivity contribution in [1.82, 2.24) is 0 Å². The van der Waals surface area contributed by atoms with Crippen LogP contribution in [0.1, 0.15) is 31.0 Å². The van der Waals surface area contributed by atoms with Crippen LogP contribution in [-0.4, -0.2) is 28.8 Å². The lowest BCUT2D eigenvalue weighted by molar-refractivity contribution is -0.123. The summed E-state index contributed by atoms with van der Waals surface area (Å²) in [5.41, 5.74) is 1.21. The number of halogens is 1. The lowest BCUT2D eigenvalue weighted by Crippen LogP contribution is -2.44. The molecule has 1 aliphatic heterocycles. The summed E-state index contributed by atoms with van der Waals surface area (Å²) in [6.45, 7) is 3.11. The molecule has 2 atom stereocenters. The highest BCUT2D eigenvalue weighted by molar-refractivity contribution is 6.08. The Bertz CT molecular complexity index is 775. The summed E-state index contributed by atoms with van der Waals surface area (Å²) < 4.78 is 13.7. The van der Waals surface area contributed by atoms with Crippen molar-refractivity contribution in [1.29, 1.82) is 0 Å². The van der Waals surface area contributed by atoms with Crippen molar-refractivity contribution in [2.45, 2.75) is 31.4 Å². The van der Waals surface area contributed by atoms with Gasteiger partial charge in [-0.2, -0.15) is 0 Å². The third-order valence-electron chi connectivity index (χ3n) is 4.61. The second-order valence-electron chi connectivity index (χ2n) is 6.57. The highest BCUT2D eigenvalue weighted by atomic mass is 19.1. The van der Waals surface area contributed by atoms with E-state index in [2.05, 4.69) is 0 Å². The van der Waals surface area contributed by atoms with E-state index >= 15 is 0 Å². The Kier molecular flexibility index (Phi) is 4.15. The first-order valence-electron chi connectivity index (χ1n) is 7.85. The molecule has 24 heavy (non-hydrogen) atoms. The fraction of sp³-hybridized carbons (Fsp3) is 0.316. The van der Waals surface area contributed by atoms with Gasteiger partial charge in [0.05, 0.1) is 18.1 Å². The number of carbonyl (C=O) groups is 1. The minimum Gasteiger partial charge on any atom is -0.394 e. The molecule has 2 N–H and O–H groups in total. The molecule has 0 aliphatic carbocycles. The van der Waals surface area contributed by atoms with Crippen LogP contribution in [0.4, 0.5) is 10.1 Å². The molecule has 0 spiro atoms. The first-order valence-corrected chi connectivity index (χ1v) is 7.85. The van der Waals surface area contributed by atoms with Crippen LogP contribution < -0.4 is 4.90 Å². The van der Waals surface area contributed by atoms with E-state index in [0.29, 0.717) is 11.3 Å². The van der Waals surface area contributed by atoms with Crippen LogP contribution in [0.15, 0.2) is 48.5 Å². The molecule has 126 valence electrons. The van der Waals surface area contributed by atoms with Crippen molar-refractivity contribution in [2.24, 2.45) is 0 Å². The van der Waals surface area contributed by atoms with Crippen LogP contribution in [-0.2, 0) is 10.2 Å². The van der Waals surface area contributed by atoms with Gasteiger partial charge in [0.15, 0.2) is 0 Å². The third kappa shape index (κ3) is 2.50. The van der Waals surface area contributed by atoms with E-state index in [9.17, 15) is 19.4 Å². The molecule has 1 amide bonds. The van der Waals surface area contributed by atoms with Crippen LogP contribution in [0.5, 0.6) is 0 Å². The van der Waals surface area contributed by atoms with Gasteiger partial charge in [-0.25, -0.2) is 4.39 Å². The Morgan fingerprint density at radius 1 is 1.17 bits per heavy atom. The second kappa shape index (κ2) is 6.00. The van der Waals surface area contributed by atoms with Crippen molar-refractivity contribution in [3.05, 3.63) is 65.5 Å². The molecule has 0 saturated carbocycles. The first-order chi connectivity index (χ1) is 11.4. The molecule has 0 fully saturated rings. The van der Waals surface area contributed by atoms with Gasteiger partial charge in [0.1, 0.15) is 11.9 Å². The van der Waals surface area contributed by atoms with E-state index in [1.165, 1.54) is 23.1 Å². The van der Waals surface area contributed by atoms with Gasteiger partial charge in [0, 0.05) is 5.69 Å². The number of nitrogens with zero attached hydrogens (tertiary/aromatic N) is 1. The van der Waals surface area contributed by atoms with E-state index < -0.39 is 30.0 Å². The Morgan fingerprint density at radius 2 is 1.88 bits per heavy atom. The molecule has 0 aromatic heterocycles. The quantitative estimate of drug-likeness (QED) is 0.906. The fourth-order valence-electron chi connectivity index (χ4n) is 3.35. The monoisotopic (exact) mass is 329 g/mol. The van der Waals surface area contributed by atoms with Gasteiger partial charge in [-0.1, -0.05) is 30.3 Å². The van der Waals surface area contributed by atoms with Gasteiger partial charge < -0.3 is 15.1 Å². The summed E-state index contributed by atoms with van der Waals surface area (Å²) in [5, 5.41) is 19.8. The molecule has 3 rings (SSSR count). The van der Waals surface area contributed by atoms with Crippen LogP contribution in [0, 0.1) is 5.82 Å². The van der Waals surface area contributed by atoms with E-state index in [-0.39, 0.29) is 5.91 Å². The number of para-hydroxylation sites is 1. The molecular weight excluding hydrogens is 309 g/mol. The van der Waals surface area contributed by atoms with Crippen molar-refractivity contribution in [3.8, 4) is 0 Å². The largest absolute Gasteiger partial charge is 0.394 e. The minimum absolute atomic E-state index is 0.189. The van der Waals surface area contributed by atoms with E-state index in [4.69, 9.17) is 0 Å². The van der Waals surface area contributed by atoms with Gasteiger partial charge in [0.25, 0.3) is 0 Å². The van der Waals surface area contributed by atoms with E-state index in [1.54, 1.807) is 12.1 Å². The molecule has 2 unspecified atom stereocenters. The number of hydrogen-bond donors (Lipinski definition) is 2. The maximum atomic E-state index is 13.7. The summed E-state index contributed by atoms with van der Waals surface area (Å²) in [5.74, 6) is -0.646. The standard InChI is InChI=1S/C19H20FNO3/c1-19(2)14-8-3-4-9-15(14)21(18(19)24)17(16(23)11-22)12-6-5-7-13(20)10-12/h3-10,16-17,22-23H,11H2,1-2H3. The molecule has 0 saturated heterocycles. The van der Waals surface area contributed by atoms with Crippen molar-refractivity contribution in [2.75, 3.05) is 11.5 Å². The van der Waals surface area contributed by atoms with Crippen LogP contribution in [0.25, 0.3) is 0 Å². The van der Waals surface area contributed by atoms with Crippen LogP contribution >= 0.6 is 0 Å². The molecule has 1 heterocycles. The fourth-order valence-corrected chi connectivity index (χ4v) is 3.35. The highest BCUT2D eigenvalue weighted by Gasteiger charge is 2.48. The number of aliphatic hydroxyl groups is 2. The summed E-state index contributed by atoms with van der Waals surface area (Å²) in [4.78, 5) is 14.5. The predicted octanol–water partition coefficient (Wildman–Crippen LogP) is 2.54. The molecule has 5 heteroatoms. The number of rotatable bonds is 4. The predicted molar refractivity (Wildman–Crippen MR) is 89.2 cm³/mol. The number of anilines is 1. The number of amides is 1. The lowest BCUT2D eigenvalue weighted by atomic mass is 9.86. The topological polar surface area (TPSA) is 60.8 Å². The molecule has 2 aromatic carbocycles. The van der Waals surface area contributed by atoms with Gasteiger partial charge in [0.2, 0.25) is 5.91 Å². The van der Waals surface area contributed by atoms with Gasteiger partial charge in [-0.3, -0.25) is 4.79 Å². The zero-order chi connectivity index (χ0) is 17.5. The Morgan fingerprint density at radius 3 is 2.54 bits per heavy atom. The van der Waals surface area contributed by atoms with Crippen molar-refractivity contribution >= 4 is 11.6 Å². The summed E-state index contributed by atoms with van der Waals surface area (Å²) in [6.07, 6.45) is -1.22. The van der Waals surface area contributed by atoms with Crippen LogP contribution in [0.3, 0.4) is 0 Å². The Labute approximate surface area is 140 Å². The van der Waals surface area contributed by atoms with Gasteiger partial charge in [-0.05, 0) is 43.2 Å². The number of fused-ring (bicyclic) bond motifs is 1. The number of aliphatic hydroxyl groups excluding tert-OH is 2. The van der Waals surface area contributed by atoms with Gasteiger partial charge >= 0.3 is 0 Å². The maximum Gasteiger partial charge on any atom is 0.237 e. The zero-order valence-corrected chi connectivity index (χ0v) is 13.6. The third-order valence-corrected chi connectivity index (χ3v) is 4.61. The van der Waals surface area contributed by atoms with E-state index in [1.807, 2.05) is 32.0 Å². The molecule has 0 radical (unpaired) electrons. The second-order valence-corrected chi connectivity index (χ2v) is 6.57. The van der Waals surface area contributed by atoms with Crippen molar-refractivity contribution in [3.63, 3.8) is 0 Å². The Hall–Kier alpha value is -2.24. The summed E-state index contributed by atoms with van der Waals surface area (Å²) in [7, 11) is 0. The minimum atomic E-state index is -1.22. The molecule has 2 aromatic rings. The average Bonchev–Trinajstić information content (AvgIpc) is 2.76. The molecular formula is C19H20FNO3. The maximum absolute atomic E-state index is 13.7. The highest BCUT2D eigenvalue weighted by Crippen LogP contribution is 2.46. The SMILES string of the molecule is CC1(C)C(=O)N(C(c2cccc(F)c2)C(O)CO)c2ccccc21. The van der Waals surface area contributed by atoms with E-state index in [0.717, 1.165) is 5.56 Å². The summed E-state index contributed by atoms with van der Waals surface area (Å²) >= 11 is 0. The van der Waals surface area contributed by atoms with Crippen molar-refractivity contribution < 1.29 is 19.4 Å². The first kappa shape index (κ1) is 16.6. The zero-order valence-electron chi connectivity index (χ0n) is 13.6. The molecule has 4 nitrogen and oxygen atoms in total. The molecule has 0 bridgehead atoms. The van der Waals surface area contributed by atoms with Crippen LogP contribution in [0.2, 0.25) is 0 Å². The Balaban J connectivity index is 2.17. The number of benzene rings is 2. The average molecular weight is 329 g/mol.